The molecule has 35 heavy (non-hydrogen) atoms. The minimum absolute atomic E-state index is 0.0318. The fourth-order valence-electron chi connectivity index (χ4n) is 5.70. The molecule has 188 valence electrons. The molecule has 1 aliphatic carbocycles. The molecule has 0 bridgehead atoms. The first-order chi connectivity index (χ1) is 16.8. The average molecular weight is 478 g/mol. The highest BCUT2D eigenvalue weighted by Crippen LogP contribution is 2.40. The van der Waals surface area contributed by atoms with Gasteiger partial charge in [0.15, 0.2) is 0 Å². The Hall–Kier alpha value is -3.42. The second-order valence-electron chi connectivity index (χ2n) is 9.89. The van der Waals surface area contributed by atoms with E-state index in [1.54, 1.807) is 19.5 Å². The summed E-state index contributed by atoms with van der Waals surface area (Å²) in [6, 6.07) is 5.80. The Balaban J connectivity index is 1.52. The Morgan fingerprint density at radius 2 is 1.97 bits per heavy atom. The first-order valence-corrected chi connectivity index (χ1v) is 12.4. The van der Waals surface area contributed by atoms with Gasteiger partial charge in [-0.15, -0.1) is 0 Å². The summed E-state index contributed by atoms with van der Waals surface area (Å²) in [5.41, 5.74) is 11.9. The average Bonchev–Trinajstić information content (AvgIpc) is 3.47. The molecule has 1 aromatic carbocycles. The van der Waals surface area contributed by atoms with Crippen LogP contribution in [0.4, 0.5) is 5.69 Å². The Kier molecular flexibility index (Phi) is 7.38. The van der Waals surface area contributed by atoms with Crippen molar-refractivity contribution in [2.45, 2.75) is 44.4 Å². The molecule has 2 atom stereocenters. The smallest absolute Gasteiger partial charge is 0.249 e. The van der Waals surface area contributed by atoms with Crippen molar-refractivity contribution < 1.29 is 4.79 Å². The van der Waals surface area contributed by atoms with Gasteiger partial charge in [0.2, 0.25) is 5.91 Å². The molecule has 0 saturated heterocycles. The van der Waals surface area contributed by atoms with E-state index in [2.05, 4.69) is 63.8 Å². The van der Waals surface area contributed by atoms with Crippen LogP contribution in [0.2, 0.25) is 0 Å². The van der Waals surface area contributed by atoms with E-state index in [0.29, 0.717) is 18.6 Å². The van der Waals surface area contributed by atoms with E-state index in [0.717, 1.165) is 33.8 Å². The monoisotopic (exact) mass is 477 g/mol. The standard InChI is InChI=1S/C27H39N7O/c1-29-17-21(15-28)20-12-18(13-22(14-20)32(2)3)16-31-26(35)24-25-23(10-11-30-24)33(4)27(34(25)5)19-8-6-7-9-19/h10-15,17,19,24,27,30H,6-9,16,28H2,1-5H3,(H,31,35). The van der Waals surface area contributed by atoms with Crippen LogP contribution in [-0.2, 0) is 11.3 Å². The molecule has 1 saturated carbocycles. The lowest BCUT2D eigenvalue weighted by Crippen LogP contribution is -2.49. The minimum atomic E-state index is -0.419. The van der Waals surface area contributed by atoms with Crippen LogP contribution in [0.3, 0.4) is 0 Å². The number of amides is 1. The number of nitrogens with zero attached hydrogens (tertiary/aromatic N) is 4. The van der Waals surface area contributed by atoms with Crippen molar-refractivity contribution in [2.75, 3.05) is 40.1 Å². The summed E-state index contributed by atoms with van der Waals surface area (Å²) in [5.74, 6) is 0.604. The number of allylic oxidation sites excluding steroid dienone is 2. The largest absolute Gasteiger partial charge is 0.404 e. The summed E-state index contributed by atoms with van der Waals surface area (Å²) in [5, 5.41) is 6.47. The van der Waals surface area contributed by atoms with Gasteiger partial charge >= 0.3 is 0 Å². The molecule has 0 spiro atoms. The number of benzene rings is 1. The summed E-state index contributed by atoms with van der Waals surface area (Å²) in [6.45, 7) is 0.421. The first kappa shape index (κ1) is 24.7. The van der Waals surface area contributed by atoms with Crippen molar-refractivity contribution >= 4 is 23.4 Å². The zero-order chi connectivity index (χ0) is 25.1. The molecule has 0 radical (unpaired) electrons. The van der Waals surface area contributed by atoms with Gasteiger partial charge in [-0.1, -0.05) is 12.8 Å². The number of likely N-dealkylation sites (N-methyl/N-ethyl adjacent to an activating group) is 2. The minimum Gasteiger partial charge on any atom is -0.404 e. The maximum Gasteiger partial charge on any atom is 0.249 e. The van der Waals surface area contributed by atoms with Crippen LogP contribution in [0.1, 0.15) is 36.8 Å². The fraction of sp³-hybridized carbons (Fsp3) is 0.481. The number of hydrogen-bond acceptors (Lipinski definition) is 7. The maximum atomic E-state index is 13.4. The zero-order valence-corrected chi connectivity index (χ0v) is 21.6. The molecule has 1 fully saturated rings. The number of aliphatic imine (C=N–C) groups is 1. The number of dihydropyridines is 1. The number of rotatable bonds is 7. The van der Waals surface area contributed by atoms with Crippen molar-refractivity contribution in [1.82, 2.24) is 20.4 Å². The topological polar surface area (TPSA) is 89.2 Å². The van der Waals surface area contributed by atoms with Gasteiger partial charge in [-0.25, -0.2) is 0 Å². The van der Waals surface area contributed by atoms with Crippen molar-refractivity contribution in [1.29, 1.82) is 0 Å². The third kappa shape index (κ3) is 4.88. The molecule has 4 N–H and O–H groups in total. The summed E-state index contributed by atoms with van der Waals surface area (Å²) >= 11 is 0. The summed E-state index contributed by atoms with van der Waals surface area (Å²) in [6.07, 6.45) is 12.7. The van der Waals surface area contributed by atoms with Crippen molar-refractivity contribution in [2.24, 2.45) is 16.6 Å². The highest BCUT2D eigenvalue weighted by molar-refractivity contribution is 6.09. The van der Waals surface area contributed by atoms with E-state index >= 15 is 0 Å². The zero-order valence-electron chi connectivity index (χ0n) is 21.6. The van der Waals surface area contributed by atoms with Crippen LogP contribution in [0.15, 0.2) is 53.1 Å². The normalized spacial score (nSPS) is 22.7. The van der Waals surface area contributed by atoms with E-state index in [-0.39, 0.29) is 5.91 Å². The van der Waals surface area contributed by atoms with Crippen LogP contribution < -0.4 is 21.3 Å². The Labute approximate surface area is 209 Å². The van der Waals surface area contributed by atoms with Gasteiger partial charge in [-0.3, -0.25) is 9.79 Å². The number of nitrogens with one attached hydrogen (secondary N) is 2. The van der Waals surface area contributed by atoms with Crippen LogP contribution >= 0.6 is 0 Å². The number of carbonyl (C=O) groups excluding carboxylic acids is 1. The molecular weight excluding hydrogens is 438 g/mol. The first-order valence-electron chi connectivity index (χ1n) is 12.4. The van der Waals surface area contributed by atoms with Crippen molar-refractivity contribution in [3.05, 3.63) is 59.2 Å². The third-order valence-corrected chi connectivity index (χ3v) is 7.42. The van der Waals surface area contributed by atoms with Crippen LogP contribution in [-0.4, -0.2) is 69.4 Å². The van der Waals surface area contributed by atoms with Gasteiger partial charge in [0.1, 0.15) is 12.2 Å². The van der Waals surface area contributed by atoms with Crippen LogP contribution in [0.5, 0.6) is 0 Å². The van der Waals surface area contributed by atoms with E-state index in [9.17, 15) is 4.79 Å². The molecule has 1 aromatic rings. The Morgan fingerprint density at radius 1 is 1.23 bits per heavy atom. The van der Waals surface area contributed by atoms with E-state index < -0.39 is 6.04 Å². The highest BCUT2D eigenvalue weighted by atomic mass is 16.2. The molecule has 4 rings (SSSR count). The molecule has 2 aliphatic heterocycles. The summed E-state index contributed by atoms with van der Waals surface area (Å²) < 4.78 is 0. The van der Waals surface area contributed by atoms with Crippen molar-refractivity contribution in [3.63, 3.8) is 0 Å². The number of nitrogens with two attached hydrogens (primary N) is 1. The highest BCUT2D eigenvalue weighted by Gasteiger charge is 2.43. The van der Waals surface area contributed by atoms with Gasteiger partial charge in [-0.2, -0.15) is 0 Å². The fourth-order valence-corrected chi connectivity index (χ4v) is 5.70. The lowest BCUT2D eigenvalue weighted by atomic mass is 10.0. The number of hydrogen-bond donors (Lipinski definition) is 3. The Bertz CT molecular complexity index is 1070. The lowest BCUT2D eigenvalue weighted by Gasteiger charge is -2.35. The molecule has 3 aliphatic rings. The predicted octanol–water partition coefficient (Wildman–Crippen LogP) is 2.46. The maximum absolute atomic E-state index is 13.4. The van der Waals surface area contributed by atoms with E-state index in [1.165, 1.54) is 25.7 Å². The van der Waals surface area contributed by atoms with Gasteiger partial charge in [0, 0.05) is 65.5 Å². The van der Waals surface area contributed by atoms with Gasteiger partial charge in [-0.05, 0) is 60.4 Å². The molecule has 1 amide bonds. The quantitative estimate of drug-likeness (QED) is 0.523. The molecule has 8 heteroatoms. The SMILES string of the molecule is CN=CC(=CN)c1cc(CNC(=O)C2NC=CC3=C2N(C)C(C2CCCC2)N3C)cc(N(C)C)c1. The van der Waals surface area contributed by atoms with Crippen LogP contribution in [0, 0.1) is 5.92 Å². The Morgan fingerprint density at radius 3 is 2.63 bits per heavy atom. The molecule has 2 unspecified atom stereocenters. The van der Waals surface area contributed by atoms with Crippen molar-refractivity contribution in [3.8, 4) is 0 Å². The lowest BCUT2D eigenvalue weighted by molar-refractivity contribution is -0.122. The molecule has 2 heterocycles. The molecular formula is C27H39N7O. The number of carbonyl (C=O) groups is 1. The summed E-state index contributed by atoms with van der Waals surface area (Å²) in [7, 11) is 10.0. The second kappa shape index (κ2) is 10.5. The van der Waals surface area contributed by atoms with Gasteiger partial charge in [0.25, 0.3) is 0 Å². The van der Waals surface area contributed by atoms with Gasteiger partial charge < -0.3 is 31.1 Å². The van der Waals surface area contributed by atoms with Gasteiger partial charge in [0.05, 0.1) is 11.4 Å². The third-order valence-electron chi connectivity index (χ3n) is 7.42. The van der Waals surface area contributed by atoms with Crippen LogP contribution in [0.25, 0.3) is 5.57 Å². The molecule has 0 aromatic heterocycles. The van der Waals surface area contributed by atoms with E-state index in [1.807, 2.05) is 25.2 Å². The predicted molar refractivity (Wildman–Crippen MR) is 144 cm³/mol. The summed E-state index contributed by atoms with van der Waals surface area (Å²) in [4.78, 5) is 24.3. The number of anilines is 1. The van der Waals surface area contributed by atoms with E-state index in [4.69, 9.17) is 5.73 Å². The molecule has 8 nitrogen and oxygen atoms in total. The second-order valence-corrected chi connectivity index (χ2v) is 9.89.